The van der Waals surface area contributed by atoms with Crippen LogP contribution in [-0.4, -0.2) is 48.0 Å². The van der Waals surface area contributed by atoms with Crippen molar-refractivity contribution in [1.29, 1.82) is 0 Å². The Morgan fingerprint density at radius 3 is 2.36 bits per heavy atom. The number of piperidine rings is 1. The van der Waals surface area contributed by atoms with Crippen LogP contribution in [0.5, 0.6) is 0 Å². The Kier molecular flexibility index (Phi) is 4.35. The fourth-order valence-electron chi connectivity index (χ4n) is 1.75. The lowest BCUT2D eigenvalue weighted by atomic mass is 9.92. The molecule has 1 aliphatic heterocycles. The fraction of sp³-hybridized carbons (Fsp3) is 1.00. The maximum Gasteiger partial charge on any atom is 0.0904 e. The third-order valence-corrected chi connectivity index (χ3v) is 2.92. The summed E-state index contributed by atoms with van der Waals surface area (Å²) in [5.41, 5.74) is -0.573. The summed E-state index contributed by atoms with van der Waals surface area (Å²) in [6.45, 7) is 9.73. The van der Waals surface area contributed by atoms with Gasteiger partial charge in [-0.25, -0.2) is 0 Å². The van der Waals surface area contributed by atoms with E-state index in [1.165, 1.54) is 0 Å². The van der Waals surface area contributed by atoms with Crippen molar-refractivity contribution in [3.63, 3.8) is 0 Å². The molecule has 1 rings (SSSR count). The maximum absolute atomic E-state index is 10.2. The third kappa shape index (κ3) is 3.56. The average Bonchev–Trinajstić information content (AvgIpc) is 2.16. The van der Waals surface area contributed by atoms with E-state index >= 15 is 0 Å². The summed E-state index contributed by atoms with van der Waals surface area (Å²) >= 11 is 0. The van der Waals surface area contributed by atoms with E-state index in [0.717, 1.165) is 32.5 Å². The molecular weight excluding hydrogens is 178 g/mol. The summed E-state index contributed by atoms with van der Waals surface area (Å²) in [5, 5.41) is 10.2. The first-order chi connectivity index (χ1) is 6.56. The standard InChI is InChI=1S/C11H23NO2/c1-4-12-7-5-11(13,6-8-12)9-14-10(2)3/h10,13H,4-9H2,1-3H3. The van der Waals surface area contributed by atoms with Crippen LogP contribution >= 0.6 is 0 Å². The van der Waals surface area contributed by atoms with Gasteiger partial charge >= 0.3 is 0 Å². The molecule has 0 saturated carbocycles. The Balaban J connectivity index is 2.30. The monoisotopic (exact) mass is 201 g/mol. The van der Waals surface area contributed by atoms with E-state index in [0.29, 0.717) is 6.61 Å². The van der Waals surface area contributed by atoms with Gasteiger partial charge in [-0.2, -0.15) is 0 Å². The second kappa shape index (κ2) is 5.10. The summed E-state index contributed by atoms with van der Waals surface area (Å²) in [7, 11) is 0. The molecule has 1 N–H and O–H groups in total. The number of likely N-dealkylation sites (tertiary alicyclic amines) is 1. The fourth-order valence-corrected chi connectivity index (χ4v) is 1.75. The number of ether oxygens (including phenoxy) is 1. The first-order valence-electron chi connectivity index (χ1n) is 5.62. The highest BCUT2D eigenvalue weighted by Gasteiger charge is 2.32. The minimum atomic E-state index is -0.573. The van der Waals surface area contributed by atoms with Crippen LogP contribution in [0.15, 0.2) is 0 Å². The molecule has 84 valence electrons. The zero-order valence-electron chi connectivity index (χ0n) is 9.62. The SMILES string of the molecule is CCN1CCC(O)(COC(C)C)CC1. The minimum absolute atomic E-state index is 0.211. The summed E-state index contributed by atoms with van der Waals surface area (Å²) in [5.74, 6) is 0. The van der Waals surface area contributed by atoms with Crippen molar-refractivity contribution in [3.05, 3.63) is 0 Å². The van der Waals surface area contributed by atoms with Crippen LogP contribution in [-0.2, 0) is 4.74 Å². The largest absolute Gasteiger partial charge is 0.387 e. The van der Waals surface area contributed by atoms with Crippen LogP contribution in [0.4, 0.5) is 0 Å². The average molecular weight is 201 g/mol. The molecule has 1 aliphatic rings. The molecule has 0 aromatic heterocycles. The summed E-state index contributed by atoms with van der Waals surface area (Å²) in [6, 6.07) is 0. The molecule has 0 unspecified atom stereocenters. The Morgan fingerprint density at radius 2 is 1.93 bits per heavy atom. The Morgan fingerprint density at radius 1 is 1.36 bits per heavy atom. The van der Waals surface area contributed by atoms with Gasteiger partial charge in [-0.15, -0.1) is 0 Å². The molecule has 0 aromatic carbocycles. The van der Waals surface area contributed by atoms with E-state index in [4.69, 9.17) is 4.74 Å². The number of aliphatic hydroxyl groups is 1. The van der Waals surface area contributed by atoms with Crippen LogP contribution in [0.1, 0.15) is 33.6 Å². The lowest BCUT2D eigenvalue weighted by Crippen LogP contribution is -2.47. The number of rotatable bonds is 4. The topological polar surface area (TPSA) is 32.7 Å². The number of hydrogen-bond donors (Lipinski definition) is 1. The molecule has 0 atom stereocenters. The van der Waals surface area contributed by atoms with Crippen LogP contribution in [0.2, 0.25) is 0 Å². The van der Waals surface area contributed by atoms with Crippen molar-refractivity contribution in [2.75, 3.05) is 26.2 Å². The predicted octanol–water partition coefficient (Wildman–Crippen LogP) is 1.26. The van der Waals surface area contributed by atoms with Crippen LogP contribution in [0.3, 0.4) is 0 Å². The van der Waals surface area contributed by atoms with Crippen molar-refractivity contribution in [2.24, 2.45) is 0 Å². The normalized spacial score (nSPS) is 22.9. The maximum atomic E-state index is 10.2. The van der Waals surface area contributed by atoms with Gasteiger partial charge in [-0.05, 0) is 33.2 Å². The highest BCUT2D eigenvalue weighted by molar-refractivity contribution is 4.85. The molecule has 14 heavy (non-hydrogen) atoms. The molecule has 1 heterocycles. The summed E-state index contributed by atoms with van der Waals surface area (Å²) in [6.07, 6.45) is 1.89. The van der Waals surface area contributed by atoms with Gasteiger partial charge in [0.1, 0.15) is 0 Å². The van der Waals surface area contributed by atoms with Gasteiger partial charge in [0.25, 0.3) is 0 Å². The first-order valence-corrected chi connectivity index (χ1v) is 5.62. The minimum Gasteiger partial charge on any atom is -0.387 e. The smallest absolute Gasteiger partial charge is 0.0904 e. The van der Waals surface area contributed by atoms with Gasteiger partial charge in [0.2, 0.25) is 0 Å². The van der Waals surface area contributed by atoms with E-state index in [1.807, 2.05) is 13.8 Å². The molecule has 0 spiro atoms. The van der Waals surface area contributed by atoms with Crippen molar-refractivity contribution in [2.45, 2.75) is 45.3 Å². The zero-order valence-corrected chi connectivity index (χ0v) is 9.62. The number of nitrogens with zero attached hydrogens (tertiary/aromatic N) is 1. The zero-order chi connectivity index (χ0) is 10.6. The second-order valence-corrected chi connectivity index (χ2v) is 4.52. The van der Waals surface area contributed by atoms with Crippen LogP contribution < -0.4 is 0 Å². The highest BCUT2D eigenvalue weighted by atomic mass is 16.5. The van der Waals surface area contributed by atoms with Crippen LogP contribution in [0, 0.1) is 0 Å². The van der Waals surface area contributed by atoms with E-state index < -0.39 is 5.60 Å². The van der Waals surface area contributed by atoms with Gasteiger partial charge in [0.15, 0.2) is 0 Å². The lowest BCUT2D eigenvalue weighted by molar-refractivity contribution is -0.0940. The molecule has 0 amide bonds. The van der Waals surface area contributed by atoms with Gasteiger partial charge in [0, 0.05) is 13.1 Å². The summed E-state index contributed by atoms with van der Waals surface area (Å²) < 4.78 is 5.48. The van der Waals surface area contributed by atoms with E-state index in [-0.39, 0.29) is 6.10 Å². The Labute approximate surface area is 87.1 Å². The molecule has 0 aliphatic carbocycles. The van der Waals surface area contributed by atoms with Crippen molar-refractivity contribution in [1.82, 2.24) is 4.90 Å². The van der Waals surface area contributed by atoms with E-state index in [9.17, 15) is 5.11 Å². The molecule has 3 heteroatoms. The van der Waals surface area contributed by atoms with E-state index in [1.54, 1.807) is 0 Å². The summed E-state index contributed by atoms with van der Waals surface area (Å²) in [4.78, 5) is 2.36. The molecular formula is C11H23NO2. The van der Waals surface area contributed by atoms with Crippen molar-refractivity contribution < 1.29 is 9.84 Å². The molecule has 1 fully saturated rings. The molecule has 1 saturated heterocycles. The Bertz CT molecular complexity index is 163. The van der Waals surface area contributed by atoms with Crippen molar-refractivity contribution in [3.8, 4) is 0 Å². The quantitative estimate of drug-likeness (QED) is 0.743. The third-order valence-electron chi connectivity index (χ3n) is 2.92. The molecule has 0 bridgehead atoms. The first kappa shape index (κ1) is 12.0. The Hall–Kier alpha value is -0.120. The van der Waals surface area contributed by atoms with Gasteiger partial charge < -0.3 is 14.7 Å². The van der Waals surface area contributed by atoms with Gasteiger partial charge in [-0.1, -0.05) is 6.92 Å². The van der Waals surface area contributed by atoms with E-state index in [2.05, 4.69) is 11.8 Å². The van der Waals surface area contributed by atoms with Crippen LogP contribution in [0.25, 0.3) is 0 Å². The highest BCUT2D eigenvalue weighted by Crippen LogP contribution is 2.22. The molecule has 0 aromatic rings. The van der Waals surface area contributed by atoms with Gasteiger partial charge in [-0.3, -0.25) is 0 Å². The van der Waals surface area contributed by atoms with Gasteiger partial charge in [0.05, 0.1) is 18.3 Å². The molecule has 3 nitrogen and oxygen atoms in total. The predicted molar refractivity (Wildman–Crippen MR) is 57.4 cm³/mol. The van der Waals surface area contributed by atoms with Crippen molar-refractivity contribution >= 4 is 0 Å². The molecule has 0 radical (unpaired) electrons. The second-order valence-electron chi connectivity index (χ2n) is 4.52. The number of hydrogen-bond acceptors (Lipinski definition) is 3. The lowest BCUT2D eigenvalue weighted by Gasteiger charge is -2.37.